The molecule has 0 aromatic heterocycles. The first-order valence-corrected chi connectivity index (χ1v) is 8.63. The van der Waals surface area contributed by atoms with Crippen molar-refractivity contribution in [2.45, 2.75) is 71.4 Å². The van der Waals surface area contributed by atoms with Crippen LogP contribution in [0.25, 0.3) is 0 Å². The molecule has 0 atom stereocenters. The third kappa shape index (κ3) is 4.71. The second-order valence-corrected chi connectivity index (χ2v) is 7.63. The Morgan fingerprint density at radius 2 is 1.85 bits per heavy atom. The van der Waals surface area contributed by atoms with E-state index >= 15 is 0 Å². The maximum atomic E-state index is 9.31. The second-order valence-electron chi connectivity index (χ2n) is 7.63. The molecule has 0 spiro atoms. The fourth-order valence-electron chi connectivity index (χ4n) is 3.49. The van der Waals surface area contributed by atoms with Crippen LogP contribution >= 0.6 is 0 Å². The molecule has 20 heavy (non-hydrogen) atoms. The molecule has 2 fully saturated rings. The van der Waals surface area contributed by atoms with E-state index in [1.54, 1.807) is 0 Å². The van der Waals surface area contributed by atoms with Gasteiger partial charge in [-0.3, -0.25) is 4.90 Å². The van der Waals surface area contributed by atoms with Gasteiger partial charge in [0.25, 0.3) is 0 Å². The van der Waals surface area contributed by atoms with Crippen LogP contribution in [0.5, 0.6) is 0 Å². The lowest BCUT2D eigenvalue weighted by Gasteiger charge is -2.44. The highest BCUT2D eigenvalue weighted by atomic mass is 16.3. The molecule has 2 saturated carbocycles. The Hall–Kier alpha value is -0.120. The van der Waals surface area contributed by atoms with Crippen molar-refractivity contribution in [3.63, 3.8) is 0 Å². The topological polar surface area (TPSA) is 35.5 Å². The number of aliphatic hydroxyl groups excluding tert-OH is 1. The van der Waals surface area contributed by atoms with Gasteiger partial charge in [0.2, 0.25) is 0 Å². The lowest BCUT2D eigenvalue weighted by molar-refractivity contribution is 0.0593. The molecule has 0 bridgehead atoms. The first kappa shape index (κ1) is 16.3. The normalized spacial score (nSPS) is 31.2. The van der Waals surface area contributed by atoms with Crippen LogP contribution in [0, 0.1) is 11.3 Å². The molecule has 0 radical (unpaired) electrons. The zero-order chi connectivity index (χ0) is 14.6. The maximum absolute atomic E-state index is 9.31. The van der Waals surface area contributed by atoms with Gasteiger partial charge in [0.05, 0.1) is 6.61 Å². The number of hydrogen-bond acceptors (Lipinski definition) is 3. The second kappa shape index (κ2) is 7.24. The van der Waals surface area contributed by atoms with Crippen LogP contribution in [0.15, 0.2) is 0 Å². The molecule has 0 amide bonds. The van der Waals surface area contributed by atoms with Gasteiger partial charge in [0.1, 0.15) is 0 Å². The first-order chi connectivity index (χ1) is 9.54. The largest absolute Gasteiger partial charge is 0.395 e. The van der Waals surface area contributed by atoms with E-state index in [-0.39, 0.29) is 6.61 Å². The van der Waals surface area contributed by atoms with Crippen molar-refractivity contribution in [2.24, 2.45) is 11.3 Å². The van der Waals surface area contributed by atoms with E-state index in [0.717, 1.165) is 25.0 Å². The van der Waals surface area contributed by atoms with E-state index < -0.39 is 0 Å². The van der Waals surface area contributed by atoms with Crippen LogP contribution < -0.4 is 5.32 Å². The maximum Gasteiger partial charge on any atom is 0.0558 e. The molecule has 3 heteroatoms. The Morgan fingerprint density at radius 1 is 1.20 bits per heavy atom. The van der Waals surface area contributed by atoms with E-state index in [9.17, 15) is 5.11 Å². The summed E-state index contributed by atoms with van der Waals surface area (Å²) in [5.41, 5.74) is 0.439. The molecule has 0 unspecified atom stereocenters. The number of hydrogen-bond donors (Lipinski definition) is 2. The SMILES string of the molecule is CC1CCC(CNC2CC2)(CN(CCO)C(C)C)CC1. The van der Waals surface area contributed by atoms with E-state index in [4.69, 9.17) is 0 Å². The van der Waals surface area contributed by atoms with Crippen LogP contribution in [0.1, 0.15) is 59.3 Å². The molecule has 2 aliphatic carbocycles. The van der Waals surface area contributed by atoms with Gasteiger partial charge in [-0.15, -0.1) is 0 Å². The predicted molar refractivity (Wildman–Crippen MR) is 84.9 cm³/mol. The average molecular weight is 282 g/mol. The third-order valence-corrected chi connectivity index (χ3v) is 5.33. The van der Waals surface area contributed by atoms with Crippen molar-refractivity contribution in [3.05, 3.63) is 0 Å². The van der Waals surface area contributed by atoms with Crippen LogP contribution in [0.4, 0.5) is 0 Å². The molecular weight excluding hydrogens is 248 g/mol. The van der Waals surface area contributed by atoms with Crippen molar-refractivity contribution in [1.82, 2.24) is 10.2 Å². The van der Waals surface area contributed by atoms with Crippen LogP contribution in [0.2, 0.25) is 0 Å². The highest BCUT2D eigenvalue weighted by molar-refractivity contribution is 4.93. The molecule has 0 aliphatic heterocycles. The van der Waals surface area contributed by atoms with Gasteiger partial charge in [-0.05, 0) is 50.9 Å². The standard InChI is InChI=1S/C17H34N2O/c1-14(2)19(10-11-20)13-17(12-18-16-4-5-16)8-6-15(3)7-9-17/h14-16,18,20H,4-13H2,1-3H3. The highest BCUT2D eigenvalue weighted by Crippen LogP contribution is 2.40. The summed E-state index contributed by atoms with van der Waals surface area (Å²) in [6.07, 6.45) is 8.19. The summed E-state index contributed by atoms with van der Waals surface area (Å²) in [7, 11) is 0. The van der Waals surface area contributed by atoms with Crippen LogP contribution in [-0.2, 0) is 0 Å². The molecule has 2 aliphatic rings. The van der Waals surface area contributed by atoms with E-state index in [1.165, 1.54) is 45.1 Å². The first-order valence-electron chi connectivity index (χ1n) is 8.63. The van der Waals surface area contributed by atoms with Crippen LogP contribution in [0.3, 0.4) is 0 Å². The number of nitrogens with one attached hydrogen (secondary N) is 1. The zero-order valence-electron chi connectivity index (χ0n) is 13.7. The van der Waals surface area contributed by atoms with E-state index in [0.29, 0.717) is 11.5 Å². The monoisotopic (exact) mass is 282 g/mol. The highest BCUT2D eigenvalue weighted by Gasteiger charge is 2.37. The number of aliphatic hydroxyl groups is 1. The van der Waals surface area contributed by atoms with Crippen molar-refractivity contribution in [2.75, 3.05) is 26.2 Å². The van der Waals surface area contributed by atoms with Crippen molar-refractivity contribution in [3.8, 4) is 0 Å². The Balaban J connectivity index is 1.96. The Labute approximate surface area is 125 Å². The Bertz CT molecular complexity index is 281. The predicted octanol–water partition coefficient (Wildman–Crippen LogP) is 2.64. The summed E-state index contributed by atoms with van der Waals surface area (Å²) in [5, 5.41) is 13.1. The van der Waals surface area contributed by atoms with Gasteiger partial charge >= 0.3 is 0 Å². The van der Waals surface area contributed by atoms with Gasteiger partial charge in [-0.1, -0.05) is 19.8 Å². The van der Waals surface area contributed by atoms with Crippen molar-refractivity contribution < 1.29 is 5.11 Å². The Kier molecular flexibility index (Phi) is 5.88. The lowest BCUT2D eigenvalue weighted by Crippen LogP contribution is -2.49. The molecule has 2 N–H and O–H groups in total. The molecule has 3 nitrogen and oxygen atoms in total. The molecule has 0 aromatic rings. The summed E-state index contributed by atoms with van der Waals surface area (Å²) >= 11 is 0. The lowest BCUT2D eigenvalue weighted by atomic mass is 9.70. The van der Waals surface area contributed by atoms with Gasteiger partial charge in [-0.2, -0.15) is 0 Å². The summed E-state index contributed by atoms with van der Waals surface area (Å²) in [6.45, 7) is 10.3. The van der Waals surface area contributed by atoms with Crippen LogP contribution in [-0.4, -0.2) is 48.3 Å². The smallest absolute Gasteiger partial charge is 0.0558 e. The fraction of sp³-hybridized carbons (Fsp3) is 1.00. The quantitative estimate of drug-likeness (QED) is 0.718. The Morgan fingerprint density at radius 3 is 2.35 bits per heavy atom. The average Bonchev–Trinajstić information content (AvgIpc) is 3.23. The number of rotatable bonds is 8. The fourth-order valence-corrected chi connectivity index (χ4v) is 3.49. The van der Waals surface area contributed by atoms with E-state index in [2.05, 4.69) is 31.0 Å². The minimum atomic E-state index is 0.278. The van der Waals surface area contributed by atoms with Crippen molar-refractivity contribution >= 4 is 0 Å². The molecule has 0 aromatic carbocycles. The van der Waals surface area contributed by atoms with Gasteiger partial charge < -0.3 is 10.4 Å². The summed E-state index contributed by atoms with van der Waals surface area (Å²) in [5.74, 6) is 0.898. The van der Waals surface area contributed by atoms with Gasteiger partial charge in [0, 0.05) is 31.7 Å². The van der Waals surface area contributed by atoms with Crippen molar-refractivity contribution in [1.29, 1.82) is 0 Å². The van der Waals surface area contributed by atoms with Gasteiger partial charge in [0.15, 0.2) is 0 Å². The molecule has 0 heterocycles. The van der Waals surface area contributed by atoms with Gasteiger partial charge in [-0.25, -0.2) is 0 Å². The summed E-state index contributed by atoms with van der Waals surface area (Å²) in [6, 6.07) is 1.33. The third-order valence-electron chi connectivity index (χ3n) is 5.33. The zero-order valence-corrected chi connectivity index (χ0v) is 13.7. The summed E-state index contributed by atoms with van der Waals surface area (Å²) in [4.78, 5) is 2.48. The molecule has 0 saturated heterocycles. The number of nitrogens with zero attached hydrogens (tertiary/aromatic N) is 1. The molecular formula is C17H34N2O. The minimum Gasteiger partial charge on any atom is -0.395 e. The summed E-state index contributed by atoms with van der Waals surface area (Å²) < 4.78 is 0. The van der Waals surface area contributed by atoms with E-state index in [1.807, 2.05) is 0 Å². The molecule has 118 valence electrons. The minimum absolute atomic E-state index is 0.278. The molecule has 2 rings (SSSR count).